The quantitative estimate of drug-likeness (QED) is 0.863. The number of amides is 1. The molecule has 0 aliphatic carbocycles. The third-order valence-corrected chi connectivity index (χ3v) is 3.41. The Balaban J connectivity index is 2.39. The predicted octanol–water partition coefficient (Wildman–Crippen LogP) is 2.53. The Morgan fingerprint density at radius 2 is 2.06 bits per heavy atom. The third kappa shape index (κ3) is 2.51. The third-order valence-electron chi connectivity index (χ3n) is 2.72. The maximum Gasteiger partial charge on any atom is 0.417 e. The summed E-state index contributed by atoms with van der Waals surface area (Å²) in [5, 5.41) is 0. The molecule has 98 valence electrons. The maximum absolute atomic E-state index is 12.7. The minimum absolute atomic E-state index is 0.0466. The van der Waals surface area contributed by atoms with E-state index in [9.17, 15) is 18.0 Å². The molecule has 18 heavy (non-hydrogen) atoms. The van der Waals surface area contributed by atoms with Crippen LogP contribution in [0.25, 0.3) is 0 Å². The van der Waals surface area contributed by atoms with Crippen LogP contribution < -0.4 is 10.6 Å². The van der Waals surface area contributed by atoms with Gasteiger partial charge in [-0.15, -0.1) is 0 Å². The molecular formula is C11H10BrF3N2O. The lowest BCUT2D eigenvalue weighted by Gasteiger charge is -2.18. The Morgan fingerprint density at radius 1 is 1.39 bits per heavy atom. The predicted molar refractivity (Wildman–Crippen MR) is 64.1 cm³/mol. The number of benzene rings is 1. The molecule has 1 aromatic carbocycles. The highest BCUT2D eigenvalue weighted by Gasteiger charge is 2.35. The zero-order valence-corrected chi connectivity index (χ0v) is 10.8. The van der Waals surface area contributed by atoms with Gasteiger partial charge in [0.1, 0.15) is 0 Å². The van der Waals surface area contributed by atoms with Gasteiger partial charge in [-0.2, -0.15) is 13.2 Å². The molecular weight excluding hydrogens is 313 g/mol. The highest BCUT2D eigenvalue weighted by Crippen LogP contribution is 2.37. The van der Waals surface area contributed by atoms with Crippen LogP contribution in [0.2, 0.25) is 0 Å². The molecule has 1 atom stereocenters. The number of nitrogens with zero attached hydrogens (tertiary/aromatic N) is 1. The highest BCUT2D eigenvalue weighted by molar-refractivity contribution is 9.10. The Hall–Kier alpha value is -1.08. The molecule has 1 aliphatic heterocycles. The number of carbonyl (C=O) groups excluding carboxylic acids is 1. The van der Waals surface area contributed by atoms with Crippen LogP contribution in [0.4, 0.5) is 18.9 Å². The molecule has 0 aromatic heterocycles. The van der Waals surface area contributed by atoms with E-state index < -0.39 is 11.7 Å². The Labute approximate surface area is 110 Å². The van der Waals surface area contributed by atoms with Gasteiger partial charge in [0.25, 0.3) is 0 Å². The molecule has 0 bridgehead atoms. The molecule has 0 radical (unpaired) electrons. The number of nitrogens with two attached hydrogens (primary N) is 1. The monoisotopic (exact) mass is 322 g/mol. The molecule has 1 aliphatic rings. The van der Waals surface area contributed by atoms with Crippen molar-refractivity contribution in [2.45, 2.75) is 18.6 Å². The van der Waals surface area contributed by atoms with Crippen LogP contribution >= 0.6 is 15.9 Å². The summed E-state index contributed by atoms with van der Waals surface area (Å²) in [5.41, 5.74) is 5.04. The topological polar surface area (TPSA) is 46.3 Å². The SMILES string of the molecule is NC1CC(=O)N(c2ccc(Br)c(C(F)(F)F)c2)C1. The molecule has 7 heteroatoms. The molecule has 1 saturated heterocycles. The van der Waals surface area contributed by atoms with Gasteiger partial charge < -0.3 is 10.6 Å². The van der Waals surface area contributed by atoms with Crippen LogP contribution in [-0.4, -0.2) is 18.5 Å². The normalized spacial score (nSPS) is 20.6. The summed E-state index contributed by atoms with van der Waals surface area (Å²) in [5.74, 6) is -0.252. The number of halogens is 4. The van der Waals surface area contributed by atoms with Crippen LogP contribution in [0.15, 0.2) is 22.7 Å². The van der Waals surface area contributed by atoms with E-state index in [1.165, 1.54) is 17.0 Å². The lowest BCUT2D eigenvalue weighted by Crippen LogP contribution is -2.28. The molecule has 1 amide bonds. The summed E-state index contributed by atoms with van der Waals surface area (Å²) >= 11 is 2.85. The summed E-state index contributed by atoms with van der Waals surface area (Å²) in [7, 11) is 0. The average molecular weight is 323 g/mol. The minimum atomic E-state index is -4.46. The van der Waals surface area contributed by atoms with Crippen molar-refractivity contribution in [2.24, 2.45) is 5.73 Å². The van der Waals surface area contributed by atoms with Gasteiger partial charge in [-0.3, -0.25) is 4.79 Å². The first kappa shape index (κ1) is 13.4. The lowest BCUT2D eigenvalue weighted by atomic mass is 10.2. The van der Waals surface area contributed by atoms with Crippen molar-refractivity contribution in [3.63, 3.8) is 0 Å². The lowest BCUT2D eigenvalue weighted by molar-refractivity contribution is -0.138. The molecule has 3 nitrogen and oxygen atoms in total. The standard InChI is InChI=1S/C11H10BrF3N2O/c12-9-2-1-7(4-8(9)11(13,14)15)17-5-6(16)3-10(17)18/h1-2,4,6H,3,5,16H2. The van der Waals surface area contributed by atoms with Crippen molar-refractivity contribution in [3.8, 4) is 0 Å². The van der Waals surface area contributed by atoms with Crippen molar-refractivity contribution in [2.75, 3.05) is 11.4 Å². The Bertz CT molecular complexity index is 490. The summed E-state index contributed by atoms with van der Waals surface area (Å²) in [6.45, 7) is 0.248. The largest absolute Gasteiger partial charge is 0.417 e. The van der Waals surface area contributed by atoms with Gasteiger partial charge in [0.05, 0.1) is 5.56 Å². The number of anilines is 1. The van der Waals surface area contributed by atoms with Gasteiger partial charge >= 0.3 is 6.18 Å². The van der Waals surface area contributed by atoms with Crippen molar-refractivity contribution < 1.29 is 18.0 Å². The molecule has 0 saturated carbocycles. The number of alkyl halides is 3. The smallest absolute Gasteiger partial charge is 0.326 e. The second kappa shape index (κ2) is 4.55. The van der Waals surface area contributed by atoms with E-state index in [-0.39, 0.29) is 35.1 Å². The van der Waals surface area contributed by atoms with E-state index in [2.05, 4.69) is 15.9 Å². The van der Waals surface area contributed by atoms with Gasteiger partial charge in [-0.25, -0.2) is 0 Å². The number of hydrogen-bond donors (Lipinski definition) is 1. The molecule has 0 spiro atoms. The van der Waals surface area contributed by atoms with Gasteiger partial charge in [-0.05, 0) is 18.2 Å². The van der Waals surface area contributed by atoms with E-state index in [0.29, 0.717) is 0 Å². The summed E-state index contributed by atoms with van der Waals surface area (Å²) in [4.78, 5) is 12.9. The van der Waals surface area contributed by atoms with E-state index >= 15 is 0 Å². The zero-order chi connectivity index (χ0) is 13.5. The second-order valence-electron chi connectivity index (χ2n) is 4.13. The molecule has 1 heterocycles. The number of hydrogen-bond acceptors (Lipinski definition) is 2. The van der Waals surface area contributed by atoms with E-state index in [1.54, 1.807) is 0 Å². The van der Waals surface area contributed by atoms with Crippen LogP contribution in [0, 0.1) is 0 Å². The van der Waals surface area contributed by atoms with Crippen molar-refractivity contribution in [3.05, 3.63) is 28.2 Å². The van der Waals surface area contributed by atoms with Crippen LogP contribution in [0.1, 0.15) is 12.0 Å². The molecule has 1 fully saturated rings. The van der Waals surface area contributed by atoms with Gasteiger partial charge in [0.15, 0.2) is 0 Å². The van der Waals surface area contributed by atoms with Crippen molar-refractivity contribution in [1.29, 1.82) is 0 Å². The number of rotatable bonds is 1. The van der Waals surface area contributed by atoms with Gasteiger partial charge in [0, 0.05) is 29.2 Å². The summed E-state index contributed by atoms with van der Waals surface area (Å²) in [6, 6.07) is 3.39. The molecule has 2 rings (SSSR count). The van der Waals surface area contributed by atoms with Crippen molar-refractivity contribution in [1.82, 2.24) is 0 Å². The first-order valence-corrected chi connectivity index (χ1v) is 6.01. The second-order valence-corrected chi connectivity index (χ2v) is 4.98. The first-order chi connectivity index (χ1) is 8.29. The summed E-state index contributed by atoms with van der Waals surface area (Å²) < 4.78 is 38.1. The van der Waals surface area contributed by atoms with Crippen molar-refractivity contribution >= 4 is 27.5 Å². The maximum atomic E-state index is 12.7. The fraction of sp³-hybridized carbons (Fsp3) is 0.364. The zero-order valence-electron chi connectivity index (χ0n) is 9.17. The van der Waals surface area contributed by atoms with Crippen LogP contribution in [-0.2, 0) is 11.0 Å². The highest BCUT2D eigenvalue weighted by atomic mass is 79.9. The van der Waals surface area contributed by atoms with Crippen LogP contribution in [0.3, 0.4) is 0 Å². The number of carbonyl (C=O) groups is 1. The first-order valence-electron chi connectivity index (χ1n) is 5.21. The molecule has 1 unspecified atom stereocenters. The minimum Gasteiger partial charge on any atom is -0.326 e. The molecule has 2 N–H and O–H groups in total. The Kier molecular flexibility index (Phi) is 3.37. The van der Waals surface area contributed by atoms with Gasteiger partial charge in [-0.1, -0.05) is 15.9 Å². The Morgan fingerprint density at radius 3 is 2.56 bits per heavy atom. The fourth-order valence-corrected chi connectivity index (χ4v) is 2.35. The average Bonchev–Trinajstić information content (AvgIpc) is 2.57. The van der Waals surface area contributed by atoms with E-state index in [0.717, 1.165) is 6.07 Å². The van der Waals surface area contributed by atoms with E-state index in [4.69, 9.17) is 5.73 Å². The fourth-order valence-electron chi connectivity index (χ4n) is 1.88. The summed E-state index contributed by atoms with van der Waals surface area (Å²) in [6.07, 6.45) is -4.29. The van der Waals surface area contributed by atoms with Crippen LogP contribution in [0.5, 0.6) is 0 Å². The van der Waals surface area contributed by atoms with Gasteiger partial charge in [0.2, 0.25) is 5.91 Å². The van der Waals surface area contributed by atoms with E-state index in [1.807, 2.05) is 0 Å². The molecule has 1 aromatic rings.